The normalized spacial score (nSPS) is 33.2. The molecule has 3 heteroatoms. The quantitative estimate of drug-likeness (QED) is 0.675. The van der Waals surface area contributed by atoms with Crippen LogP contribution in [-0.2, 0) is 4.79 Å². The number of likely N-dealkylation sites (tertiary alicyclic amines) is 1. The van der Waals surface area contributed by atoms with Crippen LogP contribution in [0.25, 0.3) is 0 Å². The fourth-order valence-electron chi connectivity index (χ4n) is 3.36. The van der Waals surface area contributed by atoms with Crippen LogP contribution in [0.15, 0.2) is 0 Å². The molecule has 1 amide bonds. The van der Waals surface area contributed by atoms with Crippen LogP contribution >= 0.6 is 0 Å². The van der Waals surface area contributed by atoms with Crippen molar-refractivity contribution in [2.75, 3.05) is 13.1 Å². The van der Waals surface area contributed by atoms with Crippen molar-refractivity contribution in [3.05, 3.63) is 0 Å². The van der Waals surface area contributed by atoms with Crippen LogP contribution in [0.2, 0.25) is 0 Å². The summed E-state index contributed by atoms with van der Waals surface area (Å²) in [5, 5.41) is 9.06. The molecule has 0 bridgehead atoms. The third-order valence-corrected chi connectivity index (χ3v) is 5.06. The smallest absolute Gasteiger partial charge is 0.243 e. The molecule has 1 heterocycles. The van der Waals surface area contributed by atoms with E-state index < -0.39 is 5.41 Å². The first kappa shape index (κ1) is 10.1. The van der Waals surface area contributed by atoms with E-state index >= 15 is 0 Å². The zero-order valence-electron chi connectivity index (χ0n) is 9.83. The van der Waals surface area contributed by atoms with Gasteiger partial charge in [-0.3, -0.25) is 4.79 Å². The number of hydrogen-bond acceptors (Lipinski definition) is 2. The summed E-state index contributed by atoms with van der Waals surface area (Å²) in [6, 6.07) is 2.22. The van der Waals surface area contributed by atoms with Crippen molar-refractivity contribution in [1.82, 2.24) is 4.90 Å². The zero-order valence-corrected chi connectivity index (χ0v) is 9.83. The molecule has 3 rings (SSSR count). The lowest BCUT2D eigenvalue weighted by atomic mass is 9.63. The van der Waals surface area contributed by atoms with Crippen molar-refractivity contribution in [3.8, 4) is 6.07 Å². The number of hydrogen-bond donors (Lipinski definition) is 0. The third kappa shape index (κ3) is 1.16. The highest BCUT2D eigenvalue weighted by atomic mass is 16.2. The second-order valence-electron chi connectivity index (χ2n) is 6.00. The highest BCUT2D eigenvalue weighted by molar-refractivity contribution is 5.88. The van der Waals surface area contributed by atoms with Crippen LogP contribution in [0.5, 0.6) is 0 Å². The summed E-state index contributed by atoms with van der Waals surface area (Å²) in [6.07, 6.45) is 5.42. The highest BCUT2D eigenvalue weighted by Crippen LogP contribution is 2.54. The van der Waals surface area contributed by atoms with Crippen molar-refractivity contribution in [2.45, 2.75) is 39.0 Å². The Hall–Kier alpha value is -1.04. The molecule has 1 saturated heterocycles. The van der Waals surface area contributed by atoms with Gasteiger partial charge in [0, 0.05) is 13.1 Å². The van der Waals surface area contributed by atoms with E-state index in [2.05, 4.69) is 13.0 Å². The third-order valence-electron chi connectivity index (χ3n) is 5.06. The summed E-state index contributed by atoms with van der Waals surface area (Å²) in [4.78, 5) is 14.2. The molecule has 0 aromatic carbocycles. The molecule has 3 nitrogen and oxygen atoms in total. The number of nitrogens with zero attached hydrogens (tertiary/aromatic N) is 2. The Bertz CT molecular complexity index is 374. The van der Waals surface area contributed by atoms with Gasteiger partial charge in [-0.1, -0.05) is 13.3 Å². The second kappa shape index (κ2) is 3.00. The molecule has 1 atom stereocenters. The number of nitriles is 1. The van der Waals surface area contributed by atoms with Gasteiger partial charge in [-0.2, -0.15) is 5.26 Å². The van der Waals surface area contributed by atoms with E-state index in [-0.39, 0.29) is 5.91 Å². The molecule has 0 radical (unpaired) electrons. The van der Waals surface area contributed by atoms with Crippen LogP contribution in [0.3, 0.4) is 0 Å². The standard InChI is InChI=1S/C13H18N2O/c1-10-7-15(9-13(10)3-2-4-13)11(16)12(8-14)5-6-12/h10H,2-7,9H2,1H3/t10-/m1/s1. The molecule has 0 N–H and O–H groups in total. The van der Waals surface area contributed by atoms with Crippen LogP contribution in [0.1, 0.15) is 39.0 Å². The summed E-state index contributed by atoms with van der Waals surface area (Å²) in [6.45, 7) is 4.05. The average molecular weight is 218 g/mol. The van der Waals surface area contributed by atoms with Crippen LogP contribution in [0.4, 0.5) is 0 Å². The minimum Gasteiger partial charge on any atom is -0.340 e. The van der Waals surface area contributed by atoms with Gasteiger partial charge in [0.2, 0.25) is 5.91 Å². The van der Waals surface area contributed by atoms with Crippen LogP contribution < -0.4 is 0 Å². The molecule has 2 saturated carbocycles. The van der Waals surface area contributed by atoms with E-state index in [1.54, 1.807) is 0 Å². The minimum absolute atomic E-state index is 0.116. The maximum absolute atomic E-state index is 12.2. The van der Waals surface area contributed by atoms with E-state index in [4.69, 9.17) is 5.26 Å². The van der Waals surface area contributed by atoms with Crippen molar-refractivity contribution in [2.24, 2.45) is 16.7 Å². The Balaban J connectivity index is 1.74. The molecule has 1 spiro atoms. The highest BCUT2D eigenvalue weighted by Gasteiger charge is 2.57. The van der Waals surface area contributed by atoms with E-state index in [1.165, 1.54) is 19.3 Å². The lowest BCUT2D eigenvalue weighted by Crippen LogP contribution is -2.39. The Morgan fingerprint density at radius 1 is 1.38 bits per heavy atom. The first-order chi connectivity index (χ1) is 7.62. The van der Waals surface area contributed by atoms with Gasteiger partial charge in [0.1, 0.15) is 5.41 Å². The number of carbonyl (C=O) groups is 1. The number of amides is 1. The van der Waals surface area contributed by atoms with Crippen molar-refractivity contribution in [1.29, 1.82) is 5.26 Å². The number of carbonyl (C=O) groups excluding carboxylic acids is 1. The average Bonchev–Trinajstić information content (AvgIpc) is 2.94. The largest absolute Gasteiger partial charge is 0.340 e. The summed E-state index contributed by atoms with van der Waals surface area (Å²) in [5.41, 5.74) is -0.198. The van der Waals surface area contributed by atoms with Crippen LogP contribution in [-0.4, -0.2) is 23.9 Å². The van der Waals surface area contributed by atoms with Crippen molar-refractivity contribution < 1.29 is 4.79 Å². The Morgan fingerprint density at radius 2 is 2.06 bits per heavy atom. The summed E-state index contributed by atoms with van der Waals surface area (Å²) in [7, 11) is 0. The molecule has 0 aromatic heterocycles. The maximum Gasteiger partial charge on any atom is 0.243 e. The van der Waals surface area contributed by atoms with Crippen LogP contribution in [0, 0.1) is 28.1 Å². The monoisotopic (exact) mass is 218 g/mol. The molecule has 0 unspecified atom stereocenters. The Labute approximate surface area is 96.4 Å². The van der Waals surface area contributed by atoms with E-state index in [1.807, 2.05) is 4.90 Å². The molecule has 16 heavy (non-hydrogen) atoms. The van der Waals surface area contributed by atoms with Gasteiger partial charge in [0.05, 0.1) is 6.07 Å². The first-order valence-electron chi connectivity index (χ1n) is 6.33. The van der Waals surface area contributed by atoms with Crippen molar-refractivity contribution in [3.63, 3.8) is 0 Å². The van der Waals surface area contributed by atoms with Gasteiger partial charge in [-0.25, -0.2) is 0 Å². The summed E-state index contributed by atoms with van der Waals surface area (Å²) < 4.78 is 0. The van der Waals surface area contributed by atoms with Gasteiger partial charge in [0.25, 0.3) is 0 Å². The molecular weight excluding hydrogens is 200 g/mol. The molecule has 3 fully saturated rings. The van der Waals surface area contributed by atoms with Gasteiger partial charge >= 0.3 is 0 Å². The molecule has 3 aliphatic rings. The fraction of sp³-hybridized carbons (Fsp3) is 0.846. The predicted molar refractivity (Wildman–Crippen MR) is 59.3 cm³/mol. The van der Waals surface area contributed by atoms with Gasteiger partial charge in [-0.15, -0.1) is 0 Å². The molecule has 0 aromatic rings. The van der Waals surface area contributed by atoms with Crippen molar-refractivity contribution >= 4 is 5.91 Å². The summed E-state index contributed by atoms with van der Waals surface area (Å²) in [5.74, 6) is 0.741. The van der Waals surface area contributed by atoms with Gasteiger partial charge < -0.3 is 4.90 Å². The minimum atomic E-state index is -0.616. The summed E-state index contributed by atoms with van der Waals surface area (Å²) >= 11 is 0. The topological polar surface area (TPSA) is 44.1 Å². The van der Waals surface area contributed by atoms with Gasteiger partial charge in [0.15, 0.2) is 0 Å². The SMILES string of the molecule is C[C@@H]1CN(C(=O)C2(C#N)CC2)CC12CCC2. The Morgan fingerprint density at radius 3 is 2.44 bits per heavy atom. The zero-order chi connectivity index (χ0) is 11.4. The van der Waals surface area contributed by atoms with E-state index in [9.17, 15) is 4.79 Å². The molecular formula is C13H18N2O. The molecule has 2 aliphatic carbocycles. The lowest BCUT2D eigenvalue weighted by Gasteiger charge is -2.41. The first-order valence-corrected chi connectivity index (χ1v) is 6.33. The fourth-order valence-corrected chi connectivity index (χ4v) is 3.36. The number of rotatable bonds is 1. The van der Waals surface area contributed by atoms with E-state index in [0.29, 0.717) is 11.3 Å². The van der Waals surface area contributed by atoms with Gasteiger partial charge in [-0.05, 0) is 37.0 Å². The lowest BCUT2D eigenvalue weighted by molar-refractivity contribution is -0.134. The maximum atomic E-state index is 12.2. The second-order valence-corrected chi connectivity index (χ2v) is 6.00. The molecule has 86 valence electrons. The predicted octanol–water partition coefficient (Wildman–Crippen LogP) is 1.94. The van der Waals surface area contributed by atoms with E-state index in [0.717, 1.165) is 25.9 Å². The molecule has 1 aliphatic heterocycles. The Kier molecular flexibility index (Phi) is 1.90.